The number of benzene rings is 2. The Balaban J connectivity index is 1.87. The Kier molecular flexibility index (Phi) is 8.91. The van der Waals surface area contributed by atoms with Crippen LogP contribution in [0.1, 0.15) is 32.6 Å². The van der Waals surface area contributed by atoms with Crippen molar-refractivity contribution < 1.29 is 24.5 Å². The number of para-hydroxylation sites is 1. The van der Waals surface area contributed by atoms with E-state index in [1.54, 1.807) is 0 Å². The molecule has 2 aromatic carbocycles. The van der Waals surface area contributed by atoms with Crippen LogP contribution in [0.2, 0.25) is 5.02 Å². The Bertz CT molecular complexity index is 754. The van der Waals surface area contributed by atoms with Crippen molar-refractivity contribution in [3.63, 3.8) is 0 Å². The number of carbonyl (C=O) groups is 1. The number of amides is 1. The first-order valence-corrected chi connectivity index (χ1v) is 9.71. The maximum Gasteiger partial charge on any atom is 0.253 e. The molecular weight excluding hydrogens is 382 g/mol. The minimum Gasteiger partial charge on any atom is -0.506 e. The maximum atomic E-state index is 12.6. The van der Waals surface area contributed by atoms with Crippen LogP contribution in [0.15, 0.2) is 42.5 Å². The summed E-state index contributed by atoms with van der Waals surface area (Å²) in [6.07, 6.45) is 2.18. The maximum absolute atomic E-state index is 12.6. The lowest BCUT2D eigenvalue weighted by atomic mass is 10.1. The van der Waals surface area contributed by atoms with Crippen LogP contribution in [0.25, 0.3) is 0 Å². The van der Waals surface area contributed by atoms with E-state index in [4.69, 9.17) is 21.1 Å². The summed E-state index contributed by atoms with van der Waals surface area (Å²) in [5.41, 5.74) is -0.116. The van der Waals surface area contributed by atoms with Gasteiger partial charge in [-0.2, -0.15) is 0 Å². The van der Waals surface area contributed by atoms with Gasteiger partial charge in [-0.3, -0.25) is 4.79 Å². The molecule has 0 aliphatic heterocycles. The Labute approximate surface area is 170 Å². The fourth-order valence-corrected chi connectivity index (χ4v) is 2.71. The number of anilines is 1. The molecule has 6 nitrogen and oxygen atoms in total. The van der Waals surface area contributed by atoms with E-state index in [9.17, 15) is 15.0 Å². The second-order valence-electron chi connectivity index (χ2n) is 6.30. The molecule has 0 saturated carbocycles. The van der Waals surface area contributed by atoms with Crippen molar-refractivity contribution in [3.8, 4) is 17.2 Å². The topological polar surface area (TPSA) is 88.0 Å². The molecule has 1 atom stereocenters. The molecule has 0 saturated heterocycles. The van der Waals surface area contributed by atoms with Gasteiger partial charge in [-0.05, 0) is 30.7 Å². The summed E-state index contributed by atoms with van der Waals surface area (Å²) in [6, 6.07) is 12.1. The number of ether oxygens (including phenoxy) is 2. The van der Waals surface area contributed by atoms with E-state index in [1.165, 1.54) is 12.1 Å². The highest BCUT2D eigenvalue weighted by Gasteiger charge is 2.22. The van der Waals surface area contributed by atoms with Crippen molar-refractivity contribution in [2.45, 2.75) is 38.7 Å². The van der Waals surface area contributed by atoms with Crippen LogP contribution in [0.5, 0.6) is 17.2 Å². The quantitative estimate of drug-likeness (QED) is 0.370. The first-order chi connectivity index (χ1) is 13.5. The first-order valence-electron chi connectivity index (χ1n) is 9.33. The van der Waals surface area contributed by atoms with Gasteiger partial charge >= 0.3 is 0 Å². The molecule has 0 bridgehead atoms. The number of phenolic OH excluding ortho intramolecular Hbond substituents is 2. The van der Waals surface area contributed by atoms with Crippen molar-refractivity contribution in [2.75, 3.05) is 18.5 Å². The lowest BCUT2D eigenvalue weighted by Crippen LogP contribution is -2.31. The number of halogens is 1. The third kappa shape index (κ3) is 6.62. The smallest absolute Gasteiger partial charge is 0.253 e. The Hall–Kier alpha value is -2.44. The molecule has 0 fully saturated rings. The van der Waals surface area contributed by atoms with Gasteiger partial charge in [0, 0.05) is 6.42 Å². The zero-order valence-electron chi connectivity index (χ0n) is 15.9. The van der Waals surface area contributed by atoms with E-state index in [0.29, 0.717) is 26.1 Å². The average Bonchev–Trinajstić information content (AvgIpc) is 2.71. The van der Waals surface area contributed by atoms with Crippen molar-refractivity contribution in [3.05, 3.63) is 47.5 Å². The predicted molar refractivity (Wildman–Crippen MR) is 109 cm³/mol. The van der Waals surface area contributed by atoms with Gasteiger partial charge in [0.1, 0.15) is 23.3 Å². The number of aromatic hydroxyl groups is 2. The minimum absolute atomic E-state index is 0.0391. The lowest BCUT2D eigenvalue weighted by Gasteiger charge is -2.19. The van der Waals surface area contributed by atoms with Gasteiger partial charge in [0.25, 0.3) is 5.91 Å². The molecule has 0 aromatic heterocycles. The van der Waals surface area contributed by atoms with Crippen LogP contribution < -0.4 is 10.1 Å². The van der Waals surface area contributed by atoms with Gasteiger partial charge in [0.2, 0.25) is 0 Å². The van der Waals surface area contributed by atoms with Crippen molar-refractivity contribution in [2.24, 2.45) is 0 Å². The van der Waals surface area contributed by atoms with E-state index in [2.05, 4.69) is 5.32 Å². The Morgan fingerprint density at radius 1 is 1.11 bits per heavy atom. The number of nitrogens with one attached hydrogen (secondary N) is 1. The molecule has 1 unspecified atom stereocenters. The van der Waals surface area contributed by atoms with Gasteiger partial charge < -0.3 is 25.0 Å². The monoisotopic (exact) mass is 407 g/mol. The Morgan fingerprint density at radius 2 is 1.86 bits per heavy atom. The van der Waals surface area contributed by atoms with Gasteiger partial charge in [0.15, 0.2) is 5.75 Å². The molecule has 2 aromatic rings. The normalized spacial score (nSPS) is 11.8. The van der Waals surface area contributed by atoms with Crippen LogP contribution in [0, 0.1) is 0 Å². The number of phenols is 2. The van der Waals surface area contributed by atoms with E-state index >= 15 is 0 Å². The molecular formula is C21H26ClNO5. The third-order valence-corrected chi connectivity index (χ3v) is 4.39. The summed E-state index contributed by atoms with van der Waals surface area (Å²) in [5.74, 6) is -0.291. The van der Waals surface area contributed by atoms with Crippen LogP contribution >= 0.6 is 11.6 Å². The lowest BCUT2D eigenvalue weighted by molar-refractivity contribution is -0.128. The number of unbranched alkanes of at least 4 members (excludes halogenated alkanes) is 1. The highest BCUT2D eigenvalue weighted by molar-refractivity contribution is 6.32. The molecule has 1 amide bonds. The first kappa shape index (κ1) is 21.9. The summed E-state index contributed by atoms with van der Waals surface area (Å²) >= 11 is 5.84. The number of carbonyl (C=O) groups excluding carboxylic acids is 1. The molecule has 152 valence electrons. The van der Waals surface area contributed by atoms with Gasteiger partial charge in [0.05, 0.1) is 18.2 Å². The zero-order chi connectivity index (χ0) is 20.4. The second-order valence-corrected chi connectivity index (χ2v) is 6.70. The van der Waals surface area contributed by atoms with Crippen LogP contribution in [-0.4, -0.2) is 35.4 Å². The number of hydrogen-bond acceptors (Lipinski definition) is 5. The Morgan fingerprint density at radius 3 is 2.57 bits per heavy atom. The molecule has 2 rings (SSSR count). The van der Waals surface area contributed by atoms with Crippen LogP contribution in [-0.2, 0) is 9.53 Å². The molecule has 0 heterocycles. The molecule has 0 aliphatic carbocycles. The van der Waals surface area contributed by atoms with Crippen molar-refractivity contribution >= 4 is 23.2 Å². The highest BCUT2D eigenvalue weighted by Crippen LogP contribution is 2.38. The van der Waals surface area contributed by atoms with Crippen LogP contribution in [0.3, 0.4) is 0 Å². The summed E-state index contributed by atoms with van der Waals surface area (Å²) in [7, 11) is 0. The number of rotatable bonds is 11. The predicted octanol–water partition coefficient (Wildman–Crippen LogP) is 4.73. The third-order valence-electron chi connectivity index (χ3n) is 4.09. The zero-order valence-corrected chi connectivity index (χ0v) is 16.6. The second kappa shape index (κ2) is 11.4. The molecule has 28 heavy (non-hydrogen) atoms. The molecule has 0 radical (unpaired) electrons. The molecule has 3 N–H and O–H groups in total. The summed E-state index contributed by atoms with van der Waals surface area (Å²) in [4.78, 5) is 12.6. The summed E-state index contributed by atoms with van der Waals surface area (Å²) in [5, 5.41) is 22.4. The fourth-order valence-electron chi connectivity index (χ4n) is 2.55. The van der Waals surface area contributed by atoms with E-state index in [1.807, 2.05) is 37.3 Å². The van der Waals surface area contributed by atoms with Gasteiger partial charge in [-0.15, -0.1) is 0 Å². The van der Waals surface area contributed by atoms with E-state index in [0.717, 1.165) is 18.6 Å². The molecule has 0 aliphatic rings. The fraction of sp³-hybridized carbons (Fsp3) is 0.381. The summed E-state index contributed by atoms with van der Waals surface area (Å²) in [6.45, 7) is 2.85. The van der Waals surface area contributed by atoms with E-state index in [-0.39, 0.29) is 22.2 Å². The standard InChI is InChI=1S/C21H26ClNO5/c1-2-3-10-18(28-14-7-13-27-15-8-5-4-6-9-15)21(26)23-19-17(24)12-11-16(22)20(19)25/h4-6,8-9,11-12,18,24-25H,2-3,7,10,13-14H2,1H3,(H,23,26). The SMILES string of the molecule is CCCCC(OCCCOc1ccccc1)C(=O)Nc1c(O)ccc(Cl)c1O. The minimum atomic E-state index is -0.700. The van der Waals surface area contributed by atoms with Crippen LogP contribution in [0.4, 0.5) is 5.69 Å². The van der Waals surface area contributed by atoms with Crippen molar-refractivity contribution in [1.82, 2.24) is 0 Å². The van der Waals surface area contributed by atoms with Crippen molar-refractivity contribution in [1.29, 1.82) is 0 Å². The van der Waals surface area contributed by atoms with Gasteiger partial charge in [-0.1, -0.05) is 49.6 Å². The average molecular weight is 408 g/mol. The molecule has 0 spiro atoms. The largest absolute Gasteiger partial charge is 0.506 e. The summed E-state index contributed by atoms with van der Waals surface area (Å²) < 4.78 is 11.3. The molecule has 7 heteroatoms. The highest BCUT2D eigenvalue weighted by atomic mass is 35.5. The number of hydrogen-bond donors (Lipinski definition) is 3. The van der Waals surface area contributed by atoms with Gasteiger partial charge in [-0.25, -0.2) is 0 Å². The van der Waals surface area contributed by atoms with E-state index < -0.39 is 12.0 Å².